The largest absolute Gasteiger partial charge is 0.328 e. The maximum absolute atomic E-state index is 12.9. The summed E-state index contributed by atoms with van der Waals surface area (Å²) in [5.41, 5.74) is 0.509. The van der Waals surface area contributed by atoms with Crippen LogP contribution in [0.15, 0.2) is 42.7 Å². The molecule has 0 atom stereocenters. The van der Waals surface area contributed by atoms with Crippen molar-refractivity contribution in [1.82, 2.24) is 15.3 Å². The number of aromatic nitrogens is 2. The summed E-state index contributed by atoms with van der Waals surface area (Å²) in [4.78, 5) is 19.8. The van der Waals surface area contributed by atoms with E-state index in [0.717, 1.165) is 18.4 Å². The lowest BCUT2D eigenvalue weighted by atomic mass is 10.1. The van der Waals surface area contributed by atoms with Crippen molar-refractivity contribution in [3.05, 3.63) is 54.1 Å². The standard InChI is InChI=1S/C14H13FN4O/c15-11-4-2-10(3-5-11)14(6-7-14)19-13(20)18-12-16-8-1-9-17-12/h1-5,8-9H,6-7H2,(H2,16,17,18,19,20). The molecule has 0 unspecified atom stereocenters. The van der Waals surface area contributed by atoms with E-state index in [9.17, 15) is 9.18 Å². The monoisotopic (exact) mass is 272 g/mol. The van der Waals surface area contributed by atoms with Gasteiger partial charge in [-0.3, -0.25) is 5.32 Å². The van der Waals surface area contributed by atoms with Gasteiger partial charge in [-0.05, 0) is 36.6 Å². The van der Waals surface area contributed by atoms with E-state index in [2.05, 4.69) is 20.6 Å². The summed E-state index contributed by atoms with van der Waals surface area (Å²) < 4.78 is 12.9. The number of nitrogens with zero attached hydrogens (tertiary/aromatic N) is 2. The van der Waals surface area contributed by atoms with Crippen molar-refractivity contribution in [3.63, 3.8) is 0 Å². The zero-order valence-electron chi connectivity index (χ0n) is 10.6. The Labute approximate surface area is 115 Å². The Balaban J connectivity index is 1.68. The molecule has 102 valence electrons. The quantitative estimate of drug-likeness (QED) is 0.901. The normalized spacial score (nSPS) is 15.4. The summed E-state index contributed by atoms with van der Waals surface area (Å²) in [6, 6.07) is 7.50. The second-order valence-corrected chi connectivity index (χ2v) is 4.74. The number of nitrogens with one attached hydrogen (secondary N) is 2. The van der Waals surface area contributed by atoms with Crippen LogP contribution in [0.5, 0.6) is 0 Å². The lowest BCUT2D eigenvalue weighted by Gasteiger charge is -2.18. The average Bonchev–Trinajstić information content (AvgIpc) is 3.21. The van der Waals surface area contributed by atoms with Crippen LogP contribution in [0.2, 0.25) is 0 Å². The Morgan fingerprint density at radius 2 is 1.80 bits per heavy atom. The summed E-state index contributed by atoms with van der Waals surface area (Å²) in [6.07, 6.45) is 4.77. The molecule has 0 aliphatic heterocycles. The van der Waals surface area contributed by atoms with Crippen LogP contribution in [0.3, 0.4) is 0 Å². The van der Waals surface area contributed by atoms with E-state index in [0.29, 0.717) is 0 Å². The first-order chi connectivity index (χ1) is 9.68. The first kappa shape index (κ1) is 12.5. The number of amides is 2. The number of hydrogen-bond donors (Lipinski definition) is 2. The van der Waals surface area contributed by atoms with Gasteiger partial charge in [-0.15, -0.1) is 0 Å². The third kappa shape index (κ3) is 2.59. The Hall–Kier alpha value is -2.50. The molecule has 5 nitrogen and oxygen atoms in total. The zero-order valence-corrected chi connectivity index (χ0v) is 10.6. The number of carbonyl (C=O) groups is 1. The van der Waals surface area contributed by atoms with E-state index >= 15 is 0 Å². The highest BCUT2D eigenvalue weighted by Crippen LogP contribution is 2.45. The molecule has 1 heterocycles. The molecule has 0 radical (unpaired) electrons. The molecular formula is C14H13FN4O. The minimum Gasteiger partial charge on any atom is -0.328 e. The molecule has 0 spiro atoms. The third-order valence-corrected chi connectivity index (χ3v) is 3.29. The van der Waals surface area contributed by atoms with Gasteiger partial charge in [0.2, 0.25) is 5.95 Å². The first-order valence-corrected chi connectivity index (χ1v) is 6.30. The number of benzene rings is 1. The molecule has 2 amide bonds. The third-order valence-electron chi connectivity index (χ3n) is 3.29. The number of halogens is 1. The second-order valence-electron chi connectivity index (χ2n) is 4.74. The van der Waals surface area contributed by atoms with E-state index in [1.54, 1.807) is 30.6 Å². The smallest absolute Gasteiger partial charge is 0.322 e. The van der Waals surface area contributed by atoms with Gasteiger partial charge in [0.25, 0.3) is 0 Å². The van der Waals surface area contributed by atoms with Crippen molar-refractivity contribution in [2.45, 2.75) is 18.4 Å². The molecule has 1 aliphatic carbocycles. The van der Waals surface area contributed by atoms with E-state index in [1.807, 2.05) is 0 Å². The van der Waals surface area contributed by atoms with Crippen LogP contribution >= 0.6 is 0 Å². The molecule has 1 aromatic heterocycles. The number of carbonyl (C=O) groups excluding carboxylic acids is 1. The predicted octanol–water partition coefficient (Wildman–Crippen LogP) is 2.43. The Kier molecular flexibility index (Phi) is 3.06. The number of urea groups is 1. The molecule has 1 aromatic carbocycles. The average molecular weight is 272 g/mol. The highest BCUT2D eigenvalue weighted by molar-refractivity contribution is 5.88. The summed E-state index contributed by atoms with van der Waals surface area (Å²) in [5.74, 6) is -0.0356. The molecule has 6 heteroatoms. The number of hydrogen-bond acceptors (Lipinski definition) is 3. The van der Waals surface area contributed by atoms with Gasteiger partial charge in [-0.25, -0.2) is 19.2 Å². The summed E-state index contributed by atoms with van der Waals surface area (Å²) in [5, 5.41) is 5.47. The summed E-state index contributed by atoms with van der Waals surface area (Å²) in [7, 11) is 0. The van der Waals surface area contributed by atoms with Crippen LogP contribution in [-0.2, 0) is 5.54 Å². The van der Waals surface area contributed by atoms with Crippen molar-refractivity contribution in [2.75, 3.05) is 5.32 Å². The topological polar surface area (TPSA) is 66.9 Å². The van der Waals surface area contributed by atoms with E-state index < -0.39 is 5.54 Å². The van der Waals surface area contributed by atoms with E-state index in [4.69, 9.17) is 0 Å². The van der Waals surface area contributed by atoms with Gasteiger partial charge in [0.05, 0.1) is 5.54 Å². The maximum Gasteiger partial charge on any atom is 0.322 e. The number of rotatable bonds is 3. The molecule has 2 N–H and O–H groups in total. The lowest BCUT2D eigenvalue weighted by molar-refractivity contribution is 0.247. The summed E-state index contributed by atoms with van der Waals surface area (Å²) in [6.45, 7) is 0. The van der Waals surface area contributed by atoms with Crippen molar-refractivity contribution in [2.24, 2.45) is 0 Å². The fraction of sp³-hybridized carbons (Fsp3) is 0.214. The molecule has 3 rings (SSSR count). The van der Waals surface area contributed by atoms with Crippen LogP contribution in [0.4, 0.5) is 15.1 Å². The second kappa shape index (κ2) is 4.88. The molecule has 1 aliphatic rings. The van der Waals surface area contributed by atoms with Gasteiger partial charge in [-0.2, -0.15) is 0 Å². The predicted molar refractivity (Wildman–Crippen MR) is 71.5 cm³/mol. The zero-order chi connectivity index (χ0) is 14.0. The highest BCUT2D eigenvalue weighted by Gasteiger charge is 2.45. The van der Waals surface area contributed by atoms with Gasteiger partial charge in [-0.1, -0.05) is 12.1 Å². The van der Waals surface area contributed by atoms with Gasteiger partial charge in [0, 0.05) is 12.4 Å². The minimum absolute atomic E-state index is 0.250. The van der Waals surface area contributed by atoms with Crippen LogP contribution in [0.25, 0.3) is 0 Å². The SMILES string of the molecule is O=C(Nc1ncccn1)NC1(c2ccc(F)cc2)CC1. The molecule has 1 fully saturated rings. The maximum atomic E-state index is 12.9. The number of anilines is 1. The van der Waals surface area contributed by atoms with Crippen molar-refractivity contribution >= 4 is 12.0 Å². The van der Waals surface area contributed by atoms with Crippen LogP contribution in [0.1, 0.15) is 18.4 Å². The van der Waals surface area contributed by atoms with Crippen LogP contribution in [0, 0.1) is 5.82 Å². The first-order valence-electron chi connectivity index (χ1n) is 6.30. The molecule has 20 heavy (non-hydrogen) atoms. The minimum atomic E-state index is -0.396. The van der Waals surface area contributed by atoms with Crippen molar-refractivity contribution < 1.29 is 9.18 Å². The van der Waals surface area contributed by atoms with Crippen LogP contribution < -0.4 is 10.6 Å². The fourth-order valence-electron chi connectivity index (χ4n) is 2.09. The highest BCUT2D eigenvalue weighted by atomic mass is 19.1. The van der Waals surface area contributed by atoms with Gasteiger partial charge < -0.3 is 5.32 Å². The molecular weight excluding hydrogens is 259 g/mol. The summed E-state index contributed by atoms with van der Waals surface area (Å²) >= 11 is 0. The Morgan fingerprint density at radius 3 is 2.40 bits per heavy atom. The van der Waals surface area contributed by atoms with Gasteiger partial charge in [0.1, 0.15) is 5.82 Å². The fourth-order valence-corrected chi connectivity index (χ4v) is 2.09. The van der Waals surface area contributed by atoms with Crippen molar-refractivity contribution in [3.8, 4) is 0 Å². The van der Waals surface area contributed by atoms with E-state index in [-0.39, 0.29) is 17.8 Å². The molecule has 1 saturated carbocycles. The van der Waals surface area contributed by atoms with Gasteiger partial charge >= 0.3 is 6.03 Å². The van der Waals surface area contributed by atoms with Crippen LogP contribution in [-0.4, -0.2) is 16.0 Å². The Bertz CT molecular complexity index is 611. The van der Waals surface area contributed by atoms with Crippen molar-refractivity contribution in [1.29, 1.82) is 0 Å². The van der Waals surface area contributed by atoms with Gasteiger partial charge in [0.15, 0.2) is 0 Å². The molecule has 2 aromatic rings. The lowest BCUT2D eigenvalue weighted by Crippen LogP contribution is -2.38. The Morgan fingerprint density at radius 1 is 1.15 bits per heavy atom. The molecule has 0 saturated heterocycles. The van der Waals surface area contributed by atoms with E-state index in [1.165, 1.54) is 12.1 Å². The molecule has 0 bridgehead atoms.